The molecular weight excluding hydrogens is 256 g/mol. The number of carbonyl (C=O) groups excluding carboxylic acids is 1. The minimum Gasteiger partial charge on any atom is -0.462 e. The molecule has 1 aromatic heterocycles. The Bertz CT molecular complexity index is 468. The lowest BCUT2D eigenvalue weighted by atomic mass is 10.00. The molecule has 0 aliphatic rings. The van der Waals surface area contributed by atoms with Crippen molar-refractivity contribution in [1.82, 2.24) is 9.97 Å². The number of nitrogens with zero attached hydrogens (tertiary/aromatic N) is 2. The maximum Gasteiger partial charge on any atom is 0.341 e. The summed E-state index contributed by atoms with van der Waals surface area (Å²) >= 11 is 0. The molecular formula is C15H24N2O3. The summed E-state index contributed by atoms with van der Waals surface area (Å²) in [4.78, 5) is 20.8. The van der Waals surface area contributed by atoms with E-state index >= 15 is 0 Å². The molecule has 0 radical (unpaired) electrons. The summed E-state index contributed by atoms with van der Waals surface area (Å²) < 4.78 is 10.6. The van der Waals surface area contributed by atoms with Crippen molar-refractivity contribution in [3.8, 4) is 0 Å². The number of aromatic nitrogens is 2. The van der Waals surface area contributed by atoms with E-state index in [1.807, 2.05) is 27.7 Å². The SMILES string of the molecule is CCOC(=O)c1cnc(C(C)(CC)OC)nc1C(C)C. The van der Waals surface area contributed by atoms with E-state index in [2.05, 4.69) is 9.97 Å². The van der Waals surface area contributed by atoms with Crippen molar-refractivity contribution in [1.29, 1.82) is 0 Å². The van der Waals surface area contributed by atoms with Crippen molar-refractivity contribution in [3.05, 3.63) is 23.3 Å². The molecule has 0 aliphatic heterocycles. The lowest BCUT2D eigenvalue weighted by Gasteiger charge is -2.26. The van der Waals surface area contributed by atoms with E-state index in [1.165, 1.54) is 0 Å². The molecule has 112 valence electrons. The van der Waals surface area contributed by atoms with Crippen LogP contribution in [0.25, 0.3) is 0 Å². The Morgan fingerprint density at radius 2 is 2.05 bits per heavy atom. The summed E-state index contributed by atoms with van der Waals surface area (Å²) in [5.41, 5.74) is 0.585. The van der Waals surface area contributed by atoms with Gasteiger partial charge in [0.1, 0.15) is 5.60 Å². The van der Waals surface area contributed by atoms with Gasteiger partial charge in [0.15, 0.2) is 5.82 Å². The van der Waals surface area contributed by atoms with Crippen molar-refractivity contribution in [3.63, 3.8) is 0 Å². The fourth-order valence-corrected chi connectivity index (χ4v) is 1.85. The molecule has 5 heteroatoms. The predicted molar refractivity (Wildman–Crippen MR) is 76.7 cm³/mol. The fraction of sp³-hybridized carbons (Fsp3) is 0.667. The van der Waals surface area contributed by atoms with Crippen molar-refractivity contribution in [2.75, 3.05) is 13.7 Å². The van der Waals surface area contributed by atoms with Crippen LogP contribution in [-0.4, -0.2) is 29.7 Å². The molecule has 0 bridgehead atoms. The second kappa shape index (κ2) is 6.79. The molecule has 0 saturated carbocycles. The van der Waals surface area contributed by atoms with Gasteiger partial charge >= 0.3 is 5.97 Å². The molecule has 5 nitrogen and oxygen atoms in total. The Labute approximate surface area is 120 Å². The Hall–Kier alpha value is -1.49. The molecule has 0 aromatic carbocycles. The molecule has 0 spiro atoms. The fourth-order valence-electron chi connectivity index (χ4n) is 1.85. The van der Waals surface area contributed by atoms with Crippen molar-refractivity contribution >= 4 is 5.97 Å². The summed E-state index contributed by atoms with van der Waals surface area (Å²) in [5.74, 6) is 0.326. The molecule has 1 unspecified atom stereocenters. The van der Waals surface area contributed by atoms with Gasteiger partial charge in [-0.1, -0.05) is 20.8 Å². The first-order valence-electron chi connectivity index (χ1n) is 6.99. The maximum atomic E-state index is 11.9. The van der Waals surface area contributed by atoms with Gasteiger partial charge in [-0.15, -0.1) is 0 Å². The smallest absolute Gasteiger partial charge is 0.341 e. The molecule has 0 saturated heterocycles. The van der Waals surface area contributed by atoms with Crippen LogP contribution >= 0.6 is 0 Å². The number of ether oxygens (including phenoxy) is 2. The van der Waals surface area contributed by atoms with E-state index in [-0.39, 0.29) is 11.9 Å². The summed E-state index contributed by atoms with van der Waals surface area (Å²) in [6.45, 7) is 10.1. The number of methoxy groups -OCH3 is 1. The standard InChI is InChI=1S/C15H24N2O3/c1-7-15(5,19-6)14-16-9-11(13(18)20-8-2)12(17-14)10(3)4/h9-10H,7-8H2,1-6H3. The lowest BCUT2D eigenvalue weighted by molar-refractivity contribution is -0.00930. The number of carbonyl (C=O) groups is 1. The van der Waals surface area contributed by atoms with Gasteiger partial charge in [-0.3, -0.25) is 0 Å². The van der Waals surface area contributed by atoms with Crippen LogP contribution in [0, 0.1) is 0 Å². The highest BCUT2D eigenvalue weighted by atomic mass is 16.5. The van der Waals surface area contributed by atoms with Crippen LogP contribution in [0.15, 0.2) is 6.20 Å². The molecule has 1 aromatic rings. The minimum atomic E-state index is -0.545. The van der Waals surface area contributed by atoms with Crippen LogP contribution < -0.4 is 0 Å². The van der Waals surface area contributed by atoms with Gasteiger partial charge in [0.25, 0.3) is 0 Å². The van der Waals surface area contributed by atoms with Crippen LogP contribution in [-0.2, 0) is 15.1 Å². The van der Waals surface area contributed by atoms with Crippen molar-refractivity contribution in [2.45, 2.75) is 52.6 Å². The first-order valence-corrected chi connectivity index (χ1v) is 6.99. The third kappa shape index (κ3) is 3.33. The van der Waals surface area contributed by atoms with Gasteiger partial charge in [0.05, 0.1) is 17.9 Å². The summed E-state index contributed by atoms with van der Waals surface area (Å²) in [6, 6.07) is 0. The molecule has 0 aliphatic carbocycles. The average Bonchev–Trinajstić information content (AvgIpc) is 2.45. The summed E-state index contributed by atoms with van der Waals surface area (Å²) in [5, 5.41) is 0. The summed E-state index contributed by atoms with van der Waals surface area (Å²) in [6.07, 6.45) is 2.29. The molecule has 0 N–H and O–H groups in total. The molecule has 0 amide bonds. The van der Waals surface area contributed by atoms with Crippen LogP contribution in [0.1, 0.15) is 68.8 Å². The van der Waals surface area contributed by atoms with E-state index in [0.29, 0.717) is 23.7 Å². The molecule has 0 fully saturated rings. The first-order chi connectivity index (χ1) is 9.39. The highest BCUT2D eigenvalue weighted by molar-refractivity contribution is 5.90. The largest absolute Gasteiger partial charge is 0.462 e. The predicted octanol–water partition coefficient (Wildman–Crippen LogP) is 3.05. The van der Waals surface area contributed by atoms with E-state index in [9.17, 15) is 4.79 Å². The highest BCUT2D eigenvalue weighted by Gasteiger charge is 2.29. The summed E-state index contributed by atoms with van der Waals surface area (Å²) in [7, 11) is 1.64. The van der Waals surface area contributed by atoms with Gasteiger partial charge in [-0.2, -0.15) is 0 Å². The van der Waals surface area contributed by atoms with Crippen LogP contribution in [0.5, 0.6) is 0 Å². The normalized spacial score (nSPS) is 14.2. The van der Waals surface area contributed by atoms with Gasteiger partial charge in [-0.05, 0) is 26.2 Å². The number of esters is 1. The van der Waals surface area contributed by atoms with Crippen molar-refractivity contribution < 1.29 is 14.3 Å². The number of hydrogen-bond donors (Lipinski definition) is 0. The van der Waals surface area contributed by atoms with E-state index in [0.717, 1.165) is 6.42 Å². The second-order valence-corrected chi connectivity index (χ2v) is 5.16. The quantitative estimate of drug-likeness (QED) is 0.749. The van der Waals surface area contributed by atoms with Gasteiger partial charge in [0.2, 0.25) is 0 Å². The second-order valence-electron chi connectivity index (χ2n) is 5.16. The maximum absolute atomic E-state index is 11.9. The van der Waals surface area contributed by atoms with Crippen LogP contribution in [0.4, 0.5) is 0 Å². The molecule has 1 heterocycles. The van der Waals surface area contributed by atoms with Gasteiger partial charge in [-0.25, -0.2) is 14.8 Å². The Kier molecular flexibility index (Phi) is 5.62. The van der Waals surface area contributed by atoms with E-state index < -0.39 is 5.60 Å². The Morgan fingerprint density at radius 1 is 1.40 bits per heavy atom. The van der Waals surface area contributed by atoms with Gasteiger partial charge < -0.3 is 9.47 Å². The molecule has 1 rings (SSSR count). The Morgan fingerprint density at radius 3 is 2.50 bits per heavy atom. The third-order valence-corrected chi connectivity index (χ3v) is 3.46. The number of hydrogen-bond acceptors (Lipinski definition) is 5. The molecule has 1 atom stereocenters. The number of rotatable bonds is 6. The Balaban J connectivity index is 3.30. The monoisotopic (exact) mass is 280 g/mol. The van der Waals surface area contributed by atoms with Crippen LogP contribution in [0.2, 0.25) is 0 Å². The highest BCUT2D eigenvalue weighted by Crippen LogP contribution is 2.27. The van der Waals surface area contributed by atoms with Crippen LogP contribution in [0.3, 0.4) is 0 Å². The third-order valence-electron chi connectivity index (χ3n) is 3.46. The van der Waals surface area contributed by atoms with E-state index in [1.54, 1.807) is 20.2 Å². The zero-order valence-electron chi connectivity index (χ0n) is 13.2. The van der Waals surface area contributed by atoms with Gasteiger partial charge in [0, 0.05) is 13.3 Å². The lowest BCUT2D eigenvalue weighted by Crippen LogP contribution is -2.27. The zero-order valence-corrected chi connectivity index (χ0v) is 13.2. The topological polar surface area (TPSA) is 61.3 Å². The minimum absolute atomic E-state index is 0.106. The first kappa shape index (κ1) is 16.6. The zero-order chi connectivity index (χ0) is 15.3. The van der Waals surface area contributed by atoms with E-state index in [4.69, 9.17) is 9.47 Å². The van der Waals surface area contributed by atoms with Crippen molar-refractivity contribution in [2.24, 2.45) is 0 Å². The average molecular weight is 280 g/mol. The molecule has 20 heavy (non-hydrogen) atoms.